The summed E-state index contributed by atoms with van der Waals surface area (Å²) in [6.45, 7) is 2.42. The van der Waals surface area contributed by atoms with Crippen LogP contribution in [-0.2, 0) is 13.2 Å². The molecule has 4 rings (SSSR count). The maximum absolute atomic E-state index is 14.0. The van der Waals surface area contributed by atoms with Crippen LogP contribution in [0.25, 0.3) is 22.3 Å². The highest BCUT2D eigenvalue weighted by atomic mass is 35.5. The molecule has 3 aromatic rings. The van der Waals surface area contributed by atoms with E-state index in [1.54, 1.807) is 17.7 Å². The van der Waals surface area contributed by atoms with Crippen molar-refractivity contribution in [3.63, 3.8) is 0 Å². The van der Waals surface area contributed by atoms with Gasteiger partial charge in [-0.15, -0.1) is 0 Å². The van der Waals surface area contributed by atoms with Crippen molar-refractivity contribution in [1.82, 2.24) is 24.3 Å². The van der Waals surface area contributed by atoms with E-state index >= 15 is 0 Å². The first-order valence-electron chi connectivity index (χ1n) is 11.0. The van der Waals surface area contributed by atoms with Crippen molar-refractivity contribution in [3.8, 4) is 23.1 Å². The van der Waals surface area contributed by atoms with Gasteiger partial charge in [0.1, 0.15) is 17.3 Å². The SMILES string of the molecule is Cn1cnc2c(C#N)nc(-c3cc(Cl)c(OCCCN4CCN(C(=O)O)CC4)c(C(F)(F)F)c3)cc21. The molecule has 36 heavy (non-hydrogen) atoms. The predicted octanol–water partition coefficient (Wildman–Crippen LogP) is 4.24. The molecule has 0 spiro atoms. The molecule has 1 saturated heterocycles. The van der Waals surface area contributed by atoms with Gasteiger partial charge in [0.05, 0.1) is 34.7 Å². The number of piperazine rings is 1. The second kappa shape index (κ2) is 10.2. The van der Waals surface area contributed by atoms with Gasteiger partial charge < -0.3 is 19.3 Å². The van der Waals surface area contributed by atoms with Crippen molar-refractivity contribution in [2.24, 2.45) is 7.05 Å². The molecule has 0 radical (unpaired) electrons. The number of amides is 1. The number of rotatable bonds is 6. The minimum absolute atomic E-state index is 0.000892. The van der Waals surface area contributed by atoms with E-state index in [1.165, 1.54) is 17.3 Å². The third-order valence-corrected chi connectivity index (χ3v) is 6.25. The Kier molecular flexibility index (Phi) is 7.23. The highest BCUT2D eigenvalue weighted by Crippen LogP contribution is 2.43. The zero-order chi connectivity index (χ0) is 26.0. The topological polar surface area (TPSA) is 108 Å². The Labute approximate surface area is 209 Å². The Morgan fingerprint density at radius 2 is 1.97 bits per heavy atom. The third kappa shape index (κ3) is 5.32. The van der Waals surface area contributed by atoms with E-state index in [0.717, 1.165) is 6.07 Å². The minimum atomic E-state index is -4.74. The zero-order valence-corrected chi connectivity index (χ0v) is 20.0. The van der Waals surface area contributed by atoms with Crippen LogP contribution >= 0.6 is 11.6 Å². The second-order valence-electron chi connectivity index (χ2n) is 8.34. The van der Waals surface area contributed by atoms with Gasteiger partial charge in [-0.3, -0.25) is 4.90 Å². The molecule has 1 aromatic carbocycles. The lowest BCUT2D eigenvalue weighted by atomic mass is 10.0. The molecule has 1 aliphatic heterocycles. The van der Waals surface area contributed by atoms with Gasteiger partial charge in [-0.25, -0.2) is 14.8 Å². The maximum Gasteiger partial charge on any atom is 0.420 e. The molecule has 3 heterocycles. The summed E-state index contributed by atoms with van der Waals surface area (Å²) < 4.78 is 49.0. The normalized spacial score (nSPS) is 14.7. The number of nitriles is 1. The summed E-state index contributed by atoms with van der Waals surface area (Å²) in [5.74, 6) is -0.467. The van der Waals surface area contributed by atoms with E-state index < -0.39 is 23.6 Å². The molecule has 1 aliphatic rings. The van der Waals surface area contributed by atoms with Crippen molar-refractivity contribution in [2.45, 2.75) is 12.6 Å². The van der Waals surface area contributed by atoms with E-state index in [1.807, 2.05) is 11.0 Å². The smallest absolute Gasteiger partial charge is 0.420 e. The zero-order valence-electron chi connectivity index (χ0n) is 19.2. The van der Waals surface area contributed by atoms with E-state index in [4.69, 9.17) is 21.4 Å². The number of pyridine rings is 1. The summed E-state index contributed by atoms with van der Waals surface area (Å²) in [4.78, 5) is 22.7. The number of halogens is 4. The lowest BCUT2D eigenvalue weighted by Crippen LogP contribution is -2.48. The van der Waals surface area contributed by atoms with Crippen LogP contribution in [0.4, 0.5) is 18.0 Å². The number of aryl methyl sites for hydroxylation is 1. The number of imidazole rings is 1. The van der Waals surface area contributed by atoms with E-state index in [2.05, 4.69) is 9.97 Å². The maximum atomic E-state index is 14.0. The molecular weight excluding hydrogens is 501 g/mol. The molecule has 0 saturated carbocycles. The van der Waals surface area contributed by atoms with Crippen LogP contribution in [-0.4, -0.2) is 74.9 Å². The van der Waals surface area contributed by atoms with Gasteiger partial charge in [0.25, 0.3) is 0 Å². The predicted molar refractivity (Wildman–Crippen MR) is 125 cm³/mol. The number of aromatic nitrogens is 3. The van der Waals surface area contributed by atoms with E-state index in [9.17, 15) is 23.2 Å². The molecule has 0 unspecified atom stereocenters. The average molecular weight is 523 g/mol. The van der Waals surface area contributed by atoms with Gasteiger partial charge in [0.15, 0.2) is 5.69 Å². The first-order chi connectivity index (χ1) is 17.1. The Hall–Kier alpha value is -3.56. The third-order valence-electron chi connectivity index (χ3n) is 5.97. The number of nitrogens with zero attached hydrogens (tertiary/aromatic N) is 6. The first-order valence-corrected chi connectivity index (χ1v) is 11.4. The largest absolute Gasteiger partial charge is 0.491 e. The lowest BCUT2D eigenvalue weighted by molar-refractivity contribution is -0.138. The number of alkyl halides is 3. The van der Waals surface area contributed by atoms with Gasteiger partial charge >= 0.3 is 12.3 Å². The van der Waals surface area contributed by atoms with Crippen molar-refractivity contribution in [1.29, 1.82) is 5.26 Å². The van der Waals surface area contributed by atoms with Gasteiger partial charge in [0.2, 0.25) is 0 Å². The monoisotopic (exact) mass is 522 g/mol. The van der Waals surface area contributed by atoms with Crippen LogP contribution in [0.1, 0.15) is 17.7 Å². The van der Waals surface area contributed by atoms with Crippen LogP contribution < -0.4 is 4.74 Å². The molecule has 2 aromatic heterocycles. The lowest BCUT2D eigenvalue weighted by Gasteiger charge is -2.33. The highest BCUT2D eigenvalue weighted by molar-refractivity contribution is 6.32. The van der Waals surface area contributed by atoms with Crippen LogP contribution in [0.2, 0.25) is 5.02 Å². The fourth-order valence-corrected chi connectivity index (χ4v) is 4.35. The van der Waals surface area contributed by atoms with Crippen LogP contribution in [0, 0.1) is 11.3 Å². The van der Waals surface area contributed by atoms with E-state index in [-0.39, 0.29) is 28.6 Å². The summed E-state index contributed by atoms with van der Waals surface area (Å²) >= 11 is 6.26. The molecule has 0 aliphatic carbocycles. The van der Waals surface area contributed by atoms with Gasteiger partial charge in [-0.2, -0.15) is 18.4 Å². The van der Waals surface area contributed by atoms with Crippen molar-refractivity contribution < 1.29 is 27.8 Å². The number of ether oxygens (including phenoxy) is 1. The van der Waals surface area contributed by atoms with E-state index in [0.29, 0.717) is 50.2 Å². The van der Waals surface area contributed by atoms with Crippen molar-refractivity contribution in [2.75, 3.05) is 39.3 Å². The van der Waals surface area contributed by atoms with Crippen LogP contribution in [0.5, 0.6) is 5.75 Å². The van der Waals surface area contributed by atoms with Crippen molar-refractivity contribution in [3.05, 3.63) is 40.8 Å². The van der Waals surface area contributed by atoms with Crippen LogP contribution in [0.15, 0.2) is 24.5 Å². The average Bonchev–Trinajstić information content (AvgIpc) is 3.22. The van der Waals surface area contributed by atoms with Crippen molar-refractivity contribution >= 4 is 28.7 Å². The molecule has 0 bridgehead atoms. The Balaban J connectivity index is 1.52. The number of hydrogen-bond acceptors (Lipinski definition) is 6. The Morgan fingerprint density at radius 3 is 2.61 bits per heavy atom. The molecule has 190 valence electrons. The van der Waals surface area contributed by atoms with Gasteiger partial charge in [0, 0.05) is 45.3 Å². The Morgan fingerprint density at radius 1 is 1.25 bits per heavy atom. The van der Waals surface area contributed by atoms with Gasteiger partial charge in [-0.05, 0) is 24.6 Å². The molecule has 1 amide bonds. The Bertz CT molecular complexity index is 1330. The summed E-state index contributed by atoms with van der Waals surface area (Å²) in [6.07, 6.45) is -3.77. The standard InChI is InChI=1S/C23H22ClF3N6O3/c1-31-13-29-20-18(12-28)30-17(11-19(20)31)14-9-15(23(25,26)27)21(16(24)10-14)36-8-2-3-32-4-6-33(7-5-32)22(34)35/h9-11,13H,2-8H2,1H3,(H,34,35). The molecular formula is C23H22ClF3N6O3. The minimum Gasteiger partial charge on any atom is -0.491 e. The summed E-state index contributed by atoms with van der Waals surface area (Å²) in [6, 6.07) is 5.74. The summed E-state index contributed by atoms with van der Waals surface area (Å²) in [5, 5.41) is 18.2. The number of benzene rings is 1. The number of carboxylic acid groups (broad SMARTS) is 1. The number of carbonyl (C=O) groups is 1. The second-order valence-corrected chi connectivity index (χ2v) is 8.74. The quantitative estimate of drug-likeness (QED) is 0.482. The van der Waals surface area contributed by atoms with Crippen LogP contribution in [0.3, 0.4) is 0 Å². The molecule has 1 fully saturated rings. The molecule has 0 atom stereocenters. The first kappa shape index (κ1) is 25.5. The van der Waals surface area contributed by atoms with Gasteiger partial charge in [-0.1, -0.05) is 11.6 Å². The molecule has 13 heteroatoms. The fourth-order valence-electron chi connectivity index (χ4n) is 4.08. The molecule has 1 N–H and O–H groups in total. The number of hydrogen-bond donors (Lipinski definition) is 1. The highest BCUT2D eigenvalue weighted by Gasteiger charge is 2.36. The number of fused-ring (bicyclic) bond motifs is 1. The fraction of sp³-hybridized carbons (Fsp3) is 0.391. The summed E-state index contributed by atoms with van der Waals surface area (Å²) in [5.41, 5.74) is 0.112. The summed E-state index contributed by atoms with van der Waals surface area (Å²) in [7, 11) is 1.71. The molecule has 9 nitrogen and oxygen atoms in total.